The molecule has 5 nitrogen and oxygen atoms in total. The number of hydrogen-bond acceptors (Lipinski definition) is 4. The van der Waals surface area contributed by atoms with E-state index in [1.165, 1.54) is 5.56 Å². The van der Waals surface area contributed by atoms with Gasteiger partial charge in [0.15, 0.2) is 5.78 Å². The van der Waals surface area contributed by atoms with Crippen molar-refractivity contribution in [1.29, 1.82) is 0 Å². The lowest BCUT2D eigenvalue weighted by Gasteiger charge is -2.35. The SMILES string of the molecule is CCCCCC(=O)N1c2ccccc2NC2=C(C(=O)C[C@@H](c3ccccc3)C2)[C@@H]1c1ccc(N(CC)CC)cc1. The minimum absolute atomic E-state index is 0.0623. The van der Waals surface area contributed by atoms with Gasteiger partial charge in [-0.2, -0.15) is 0 Å². The molecule has 0 unspecified atom stereocenters. The zero-order chi connectivity index (χ0) is 28.1. The molecule has 2 aliphatic rings. The number of nitrogens with one attached hydrogen (secondary N) is 1. The Morgan fingerprint density at radius 1 is 0.850 bits per heavy atom. The largest absolute Gasteiger partial charge is 0.372 e. The number of carbonyl (C=O) groups excluding carboxylic acids is 2. The molecule has 3 aromatic carbocycles. The molecule has 1 heterocycles. The topological polar surface area (TPSA) is 52.7 Å². The van der Waals surface area contributed by atoms with E-state index >= 15 is 0 Å². The Balaban J connectivity index is 1.65. The highest BCUT2D eigenvalue weighted by atomic mass is 16.2. The van der Waals surface area contributed by atoms with Crippen LogP contribution in [0.1, 0.15) is 82.4 Å². The Morgan fingerprint density at radius 2 is 1.55 bits per heavy atom. The lowest BCUT2D eigenvalue weighted by Crippen LogP contribution is -2.38. The van der Waals surface area contributed by atoms with E-state index in [0.29, 0.717) is 12.8 Å². The zero-order valence-corrected chi connectivity index (χ0v) is 24.0. The summed E-state index contributed by atoms with van der Waals surface area (Å²) >= 11 is 0. The van der Waals surface area contributed by atoms with Crippen molar-refractivity contribution < 1.29 is 9.59 Å². The van der Waals surface area contributed by atoms with E-state index in [1.807, 2.05) is 47.4 Å². The monoisotopic (exact) mass is 535 g/mol. The number of fused-ring (bicyclic) bond motifs is 1. The van der Waals surface area contributed by atoms with Crippen molar-refractivity contribution in [1.82, 2.24) is 0 Å². The number of Topliss-reactive ketones (excluding diaryl/α,β-unsaturated/α-hetero) is 1. The summed E-state index contributed by atoms with van der Waals surface area (Å²) in [6.07, 6.45) is 4.52. The second-order valence-corrected chi connectivity index (χ2v) is 10.9. The van der Waals surface area contributed by atoms with Crippen molar-refractivity contribution >= 4 is 28.8 Å². The standard InChI is InChI=1S/C35H41N3O2/c1-4-7-9-18-33(40)38-31-17-13-12-16-29(31)36-30-23-27(25-14-10-8-11-15-25)24-32(39)34(30)35(38)26-19-21-28(22-20-26)37(5-2)6-3/h8,10-17,19-22,27,35-36H,4-7,9,18,23-24H2,1-3H3/t27-,35-/m0/s1. The normalized spacial score (nSPS) is 18.5. The maximum atomic E-state index is 14.2. The Kier molecular flexibility index (Phi) is 8.69. The number of nitrogens with zero attached hydrogens (tertiary/aromatic N) is 2. The highest BCUT2D eigenvalue weighted by Crippen LogP contribution is 2.47. The molecule has 0 bridgehead atoms. The summed E-state index contributed by atoms with van der Waals surface area (Å²) in [7, 11) is 0. The van der Waals surface area contributed by atoms with Crippen molar-refractivity contribution in [3.8, 4) is 0 Å². The minimum Gasteiger partial charge on any atom is -0.372 e. The molecule has 5 rings (SSSR count). The lowest BCUT2D eigenvalue weighted by molar-refractivity contribution is -0.119. The Labute approximate surface area is 238 Å². The van der Waals surface area contributed by atoms with Gasteiger partial charge in [-0.05, 0) is 68.0 Å². The summed E-state index contributed by atoms with van der Waals surface area (Å²) in [6.45, 7) is 8.31. The van der Waals surface area contributed by atoms with Crippen LogP contribution in [0.15, 0.2) is 90.1 Å². The van der Waals surface area contributed by atoms with Crippen LogP contribution in [0.4, 0.5) is 17.1 Å². The van der Waals surface area contributed by atoms with Gasteiger partial charge in [0.05, 0.1) is 17.4 Å². The minimum atomic E-state index is -0.477. The molecule has 1 aliphatic heterocycles. The predicted octanol–water partition coefficient (Wildman–Crippen LogP) is 8.01. The van der Waals surface area contributed by atoms with Gasteiger partial charge in [-0.3, -0.25) is 14.5 Å². The molecular weight excluding hydrogens is 494 g/mol. The van der Waals surface area contributed by atoms with Gasteiger partial charge in [0.2, 0.25) is 5.91 Å². The summed E-state index contributed by atoms with van der Waals surface area (Å²) in [5.41, 5.74) is 6.66. The van der Waals surface area contributed by atoms with Crippen LogP contribution in [0.5, 0.6) is 0 Å². The van der Waals surface area contributed by atoms with Crippen LogP contribution in [-0.4, -0.2) is 24.8 Å². The first-order chi connectivity index (χ1) is 19.5. The van der Waals surface area contributed by atoms with Crippen LogP contribution in [0.3, 0.4) is 0 Å². The number of amides is 1. The second kappa shape index (κ2) is 12.5. The van der Waals surface area contributed by atoms with Crippen molar-refractivity contribution in [3.05, 3.63) is 101 Å². The van der Waals surface area contributed by atoms with Gasteiger partial charge in [0, 0.05) is 42.9 Å². The number of carbonyl (C=O) groups is 2. The maximum absolute atomic E-state index is 14.2. The number of unbranched alkanes of at least 4 members (excludes halogenated alkanes) is 2. The smallest absolute Gasteiger partial charge is 0.227 e. The Morgan fingerprint density at radius 3 is 2.25 bits per heavy atom. The fraction of sp³-hybridized carbons (Fsp3) is 0.371. The fourth-order valence-electron chi connectivity index (χ4n) is 6.24. The average Bonchev–Trinajstić information content (AvgIpc) is 3.13. The van der Waals surface area contributed by atoms with Gasteiger partial charge in [-0.1, -0.05) is 74.4 Å². The van der Waals surface area contributed by atoms with Gasteiger partial charge in [0.1, 0.15) is 0 Å². The summed E-state index contributed by atoms with van der Waals surface area (Å²) in [4.78, 5) is 32.4. The molecule has 0 saturated carbocycles. The van der Waals surface area contributed by atoms with Crippen LogP contribution >= 0.6 is 0 Å². The molecule has 208 valence electrons. The van der Waals surface area contributed by atoms with Crippen LogP contribution < -0.4 is 15.1 Å². The van der Waals surface area contributed by atoms with E-state index in [0.717, 1.165) is 72.7 Å². The van der Waals surface area contributed by atoms with E-state index in [4.69, 9.17) is 0 Å². The molecule has 0 spiro atoms. The van der Waals surface area contributed by atoms with E-state index in [-0.39, 0.29) is 17.6 Å². The summed E-state index contributed by atoms with van der Waals surface area (Å²) in [6, 6.07) is 26.3. The zero-order valence-electron chi connectivity index (χ0n) is 24.0. The van der Waals surface area contributed by atoms with Gasteiger partial charge >= 0.3 is 0 Å². The van der Waals surface area contributed by atoms with Crippen molar-refractivity contribution in [2.75, 3.05) is 28.2 Å². The van der Waals surface area contributed by atoms with E-state index < -0.39 is 6.04 Å². The number of para-hydroxylation sites is 2. The Hall–Kier alpha value is -3.86. The third-order valence-corrected chi connectivity index (χ3v) is 8.36. The lowest BCUT2D eigenvalue weighted by atomic mass is 9.78. The summed E-state index contributed by atoms with van der Waals surface area (Å²) in [5.74, 6) is 0.274. The number of anilines is 3. The van der Waals surface area contributed by atoms with Gasteiger partial charge in [-0.25, -0.2) is 0 Å². The molecule has 1 aliphatic carbocycles. The van der Waals surface area contributed by atoms with Crippen LogP contribution in [0.25, 0.3) is 0 Å². The number of allylic oxidation sites excluding steroid dienone is 1. The van der Waals surface area contributed by atoms with E-state index in [1.54, 1.807) is 0 Å². The summed E-state index contributed by atoms with van der Waals surface area (Å²) < 4.78 is 0. The van der Waals surface area contributed by atoms with Crippen molar-refractivity contribution in [2.24, 2.45) is 0 Å². The molecule has 0 saturated heterocycles. The molecule has 5 heteroatoms. The highest BCUT2D eigenvalue weighted by molar-refractivity contribution is 6.06. The highest BCUT2D eigenvalue weighted by Gasteiger charge is 2.41. The predicted molar refractivity (Wildman–Crippen MR) is 165 cm³/mol. The number of hydrogen-bond donors (Lipinski definition) is 1. The van der Waals surface area contributed by atoms with Gasteiger partial charge < -0.3 is 10.2 Å². The number of benzene rings is 3. The first-order valence-electron chi connectivity index (χ1n) is 14.9. The fourth-order valence-corrected chi connectivity index (χ4v) is 6.24. The number of rotatable bonds is 9. The van der Waals surface area contributed by atoms with Crippen LogP contribution in [0.2, 0.25) is 0 Å². The third-order valence-electron chi connectivity index (χ3n) is 8.36. The quantitative estimate of drug-likeness (QED) is 0.282. The molecule has 2 atom stereocenters. The molecule has 0 fully saturated rings. The average molecular weight is 536 g/mol. The molecule has 0 aromatic heterocycles. The van der Waals surface area contributed by atoms with E-state index in [2.05, 4.69) is 67.4 Å². The molecule has 0 radical (unpaired) electrons. The van der Waals surface area contributed by atoms with Crippen LogP contribution in [0, 0.1) is 0 Å². The molecule has 1 N–H and O–H groups in total. The Bertz CT molecular complexity index is 1360. The molecular formula is C35H41N3O2. The van der Waals surface area contributed by atoms with E-state index in [9.17, 15) is 9.59 Å². The van der Waals surface area contributed by atoms with Crippen molar-refractivity contribution in [3.63, 3.8) is 0 Å². The molecule has 1 amide bonds. The third kappa shape index (κ3) is 5.56. The second-order valence-electron chi connectivity index (χ2n) is 10.9. The first kappa shape index (κ1) is 27.7. The van der Waals surface area contributed by atoms with Crippen LogP contribution in [-0.2, 0) is 9.59 Å². The first-order valence-corrected chi connectivity index (χ1v) is 14.9. The molecule has 40 heavy (non-hydrogen) atoms. The summed E-state index contributed by atoms with van der Waals surface area (Å²) in [5, 5.41) is 3.65. The van der Waals surface area contributed by atoms with Gasteiger partial charge in [-0.15, -0.1) is 0 Å². The number of ketones is 1. The maximum Gasteiger partial charge on any atom is 0.227 e. The molecule has 3 aromatic rings. The van der Waals surface area contributed by atoms with Crippen molar-refractivity contribution in [2.45, 2.75) is 71.3 Å². The van der Waals surface area contributed by atoms with Gasteiger partial charge in [0.25, 0.3) is 0 Å².